The van der Waals surface area contributed by atoms with Crippen LogP contribution in [0.25, 0.3) is 0 Å². The summed E-state index contributed by atoms with van der Waals surface area (Å²) in [7, 11) is 0. The molecule has 1 heterocycles. The second-order valence-electron chi connectivity index (χ2n) is 3.43. The Morgan fingerprint density at radius 2 is 2.00 bits per heavy atom. The molecule has 2 rings (SSSR count). The maximum atomic E-state index is 5.74. The van der Waals surface area contributed by atoms with Gasteiger partial charge in [0.15, 0.2) is 0 Å². The summed E-state index contributed by atoms with van der Waals surface area (Å²) in [6.07, 6.45) is 4.98. The minimum atomic E-state index is 0.0675. The van der Waals surface area contributed by atoms with Crippen LogP contribution >= 0.6 is 0 Å². The van der Waals surface area contributed by atoms with Crippen LogP contribution in [0, 0.1) is 0 Å². The fourth-order valence-corrected chi connectivity index (χ4v) is 1.52. The van der Waals surface area contributed by atoms with Crippen molar-refractivity contribution in [1.29, 1.82) is 0 Å². The predicted molar refractivity (Wildman–Crippen MR) is 63.9 cm³/mol. The van der Waals surface area contributed by atoms with Crippen LogP contribution < -0.4 is 11.1 Å². The second kappa shape index (κ2) is 5.23. The van der Waals surface area contributed by atoms with Gasteiger partial charge in [-0.25, -0.2) is 4.98 Å². The number of rotatable bonds is 4. The zero-order chi connectivity index (χ0) is 11.2. The Kier molecular flexibility index (Phi) is 3.46. The molecule has 0 saturated carbocycles. The van der Waals surface area contributed by atoms with Gasteiger partial charge in [-0.3, -0.25) is 4.98 Å². The van der Waals surface area contributed by atoms with Crippen LogP contribution in [0.5, 0.6) is 0 Å². The van der Waals surface area contributed by atoms with Crippen molar-refractivity contribution in [2.24, 2.45) is 5.73 Å². The quantitative estimate of drug-likeness (QED) is 0.811. The van der Waals surface area contributed by atoms with E-state index in [1.165, 1.54) is 0 Å². The molecule has 1 aromatic heterocycles. The van der Waals surface area contributed by atoms with Crippen molar-refractivity contribution in [3.05, 3.63) is 54.5 Å². The summed E-state index contributed by atoms with van der Waals surface area (Å²) >= 11 is 0. The molecule has 0 amide bonds. The van der Waals surface area contributed by atoms with Crippen LogP contribution in [0.4, 0.5) is 5.82 Å². The van der Waals surface area contributed by atoms with Crippen molar-refractivity contribution in [2.45, 2.75) is 6.04 Å². The Morgan fingerprint density at radius 3 is 2.62 bits per heavy atom. The van der Waals surface area contributed by atoms with Crippen molar-refractivity contribution in [2.75, 3.05) is 11.9 Å². The minimum absolute atomic E-state index is 0.0675. The first-order valence-electron chi connectivity index (χ1n) is 5.17. The van der Waals surface area contributed by atoms with Crippen molar-refractivity contribution < 1.29 is 0 Å². The van der Waals surface area contributed by atoms with Crippen LogP contribution in [0.1, 0.15) is 11.6 Å². The first-order chi connectivity index (χ1) is 7.90. The molecule has 4 nitrogen and oxygen atoms in total. The topological polar surface area (TPSA) is 63.8 Å². The van der Waals surface area contributed by atoms with Gasteiger partial charge in [-0.2, -0.15) is 0 Å². The third-order valence-electron chi connectivity index (χ3n) is 2.32. The first kappa shape index (κ1) is 10.6. The van der Waals surface area contributed by atoms with Gasteiger partial charge in [-0.05, 0) is 5.56 Å². The SMILES string of the molecule is NCC(Nc1cnccn1)c1ccccc1. The highest BCUT2D eigenvalue weighted by Gasteiger charge is 2.08. The van der Waals surface area contributed by atoms with Gasteiger partial charge >= 0.3 is 0 Å². The monoisotopic (exact) mass is 214 g/mol. The summed E-state index contributed by atoms with van der Waals surface area (Å²) in [4.78, 5) is 8.16. The number of nitrogens with one attached hydrogen (secondary N) is 1. The molecule has 0 saturated heterocycles. The van der Waals surface area contributed by atoms with E-state index < -0.39 is 0 Å². The maximum Gasteiger partial charge on any atom is 0.144 e. The molecule has 1 aromatic carbocycles. The standard InChI is InChI=1S/C12H14N4/c13-8-11(10-4-2-1-3-5-10)16-12-9-14-6-7-15-12/h1-7,9,11H,8,13H2,(H,15,16). The lowest BCUT2D eigenvalue weighted by molar-refractivity contribution is 0.783. The summed E-state index contributed by atoms with van der Waals surface area (Å²) in [6, 6.07) is 10.1. The number of nitrogens with two attached hydrogens (primary N) is 1. The molecule has 0 aliphatic rings. The van der Waals surface area contributed by atoms with Gasteiger partial charge in [0.05, 0.1) is 12.2 Å². The predicted octanol–water partition coefficient (Wildman–Crippen LogP) is 1.59. The van der Waals surface area contributed by atoms with Gasteiger partial charge in [-0.15, -0.1) is 0 Å². The molecule has 82 valence electrons. The van der Waals surface area contributed by atoms with Gasteiger partial charge in [0, 0.05) is 18.9 Å². The van der Waals surface area contributed by atoms with E-state index >= 15 is 0 Å². The molecule has 0 bridgehead atoms. The number of hydrogen-bond acceptors (Lipinski definition) is 4. The molecule has 0 fully saturated rings. The van der Waals surface area contributed by atoms with E-state index in [1.807, 2.05) is 30.3 Å². The van der Waals surface area contributed by atoms with E-state index in [0.29, 0.717) is 6.54 Å². The van der Waals surface area contributed by atoms with Crippen molar-refractivity contribution in [1.82, 2.24) is 9.97 Å². The lowest BCUT2D eigenvalue weighted by atomic mass is 10.1. The zero-order valence-corrected chi connectivity index (χ0v) is 8.88. The molecule has 0 radical (unpaired) electrons. The highest BCUT2D eigenvalue weighted by Crippen LogP contribution is 2.15. The van der Waals surface area contributed by atoms with E-state index in [9.17, 15) is 0 Å². The highest BCUT2D eigenvalue weighted by molar-refractivity contribution is 5.35. The molecule has 1 unspecified atom stereocenters. The van der Waals surface area contributed by atoms with Gasteiger partial charge in [-0.1, -0.05) is 30.3 Å². The Hall–Kier alpha value is -1.94. The van der Waals surface area contributed by atoms with E-state index in [2.05, 4.69) is 15.3 Å². The van der Waals surface area contributed by atoms with Crippen molar-refractivity contribution in [3.63, 3.8) is 0 Å². The van der Waals surface area contributed by atoms with Crippen molar-refractivity contribution >= 4 is 5.82 Å². The highest BCUT2D eigenvalue weighted by atomic mass is 15.0. The average molecular weight is 214 g/mol. The van der Waals surface area contributed by atoms with Gasteiger partial charge < -0.3 is 11.1 Å². The number of aromatic nitrogens is 2. The van der Waals surface area contributed by atoms with E-state index in [4.69, 9.17) is 5.73 Å². The fraction of sp³-hybridized carbons (Fsp3) is 0.167. The molecule has 16 heavy (non-hydrogen) atoms. The summed E-state index contributed by atoms with van der Waals surface area (Å²) in [5.41, 5.74) is 6.89. The minimum Gasteiger partial charge on any atom is -0.361 e. The average Bonchev–Trinajstić information content (AvgIpc) is 2.38. The van der Waals surface area contributed by atoms with Crippen LogP contribution in [-0.4, -0.2) is 16.5 Å². The number of nitrogens with zero attached hydrogens (tertiary/aromatic N) is 2. The maximum absolute atomic E-state index is 5.74. The third-order valence-corrected chi connectivity index (χ3v) is 2.32. The molecule has 0 aliphatic carbocycles. The fourth-order valence-electron chi connectivity index (χ4n) is 1.52. The van der Waals surface area contributed by atoms with Gasteiger partial charge in [0.25, 0.3) is 0 Å². The van der Waals surface area contributed by atoms with Gasteiger partial charge in [0.2, 0.25) is 0 Å². The Balaban J connectivity index is 2.13. The molecule has 0 aliphatic heterocycles. The largest absolute Gasteiger partial charge is 0.361 e. The Morgan fingerprint density at radius 1 is 1.19 bits per heavy atom. The summed E-state index contributed by atoms with van der Waals surface area (Å²) in [5.74, 6) is 0.738. The first-order valence-corrected chi connectivity index (χ1v) is 5.17. The number of anilines is 1. The van der Waals surface area contributed by atoms with E-state index in [0.717, 1.165) is 11.4 Å². The molecule has 4 heteroatoms. The summed E-state index contributed by atoms with van der Waals surface area (Å²) in [5, 5.41) is 3.25. The summed E-state index contributed by atoms with van der Waals surface area (Å²) < 4.78 is 0. The second-order valence-corrected chi connectivity index (χ2v) is 3.43. The van der Waals surface area contributed by atoms with Crippen molar-refractivity contribution in [3.8, 4) is 0 Å². The molecule has 2 aromatic rings. The van der Waals surface area contributed by atoms with Crippen LogP contribution in [0.15, 0.2) is 48.9 Å². The molecule has 3 N–H and O–H groups in total. The van der Waals surface area contributed by atoms with Crippen LogP contribution in [0.3, 0.4) is 0 Å². The third kappa shape index (κ3) is 2.55. The van der Waals surface area contributed by atoms with Crippen LogP contribution in [0.2, 0.25) is 0 Å². The number of hydrogen-bond donors (Lipinski definition) is 2. The Bertz CT molecular complexity index is 416. The smallest absolute Gasteiger partial charge is 0.144 e. The lowest BCUT2D eigenvalue weighted by Gasteiger charge is -2.17. The molecule has 0 spiro atoms. The summed E-state index contributed by atoms with van der Waals surface area (Å²) in [6.45, 7) is 0.514. The normalized spacial score (nSPS) is 12.1. The lowest BCUT2D eigenvalue weighted by Crippen LogP contribution is -2.21. The molecule has 1 atom stereocenters. The molecular formula is C12H14N4. The van der Waals surface area contributed by atoms with E-state index in [1.54, 1.807) is 18.6 Å². The zero-order valence-electron chi connectivity index (χ0n) is 8.88. The van der Waals surface area contributed by atoms with E-state index in [-0.39, 0.29) is 6.04 Å². The number of benzene rings is 1. The van der Waals surface area contributed by atoms with Gasteiger partial charge in [0.1, 0.15) is 5.82 Å². The molecular weight excluding hydrogens is 200 g/mol. The Labute approximate surface area is 94.5 Å². The van der Waals surface area contributed by atoms with Crippen LogP contribution in [-0.2, 0) is 0 Å².